The van der Waals surface area contributed by atoms with E-state index in [1.54, 1.807) is 18.3 Å². The largest absolute Gasteiger partial charge is 0.404 e. The van der Waals surface area contributed by atoms with Gasteiger partial charge >= 0.3 is 0 Å². The lowest BCUT2D eigenvalue weighted by atomic mass is 9.99. The third-order valence-electron chi connectivity index (χ3n) is 5.58. The van der Waals surface area contributed by atoms with Gasteiger partial charge in [0.15, 0.2) is 0 Å². The highest BCUT2D eigenvalue weighted by Crippen LogP contribution is 2.28. The average molecular weight is 466 g/mol. The van der Waals surface area contributed by atoms with Crippen LogP contribution in [0.2, 0.25) is 5.02 Å². The lowest BCUT2D eigenvalue weighted by Gasteiger charge is -2.16. The van der Waals surface area contributed by atoms with Crippen molar-refractivity contribution in [2.24, 2.45) is 5.73 Å². The number of hydrogen-bond acceptors (Lipinski definition) is 6. The first-order valence-electron chi connectivity index (χ1n) is 10.1. The molecule has 0 atom stereocenters. The summed E-state index contributed by atoms with van der Waals surface area (Å²) in [5.74, 6) is -1.81. The monoisotopic (exact) mass is 465 g/mol. The first kappa shape index (κ1) is 21.2. The van der Waals surface area contributed by atoms with Crippen molar-refractivity contribution in [1.82, 2.24) is 25.1 Å². The molecule has 0 fully saturated rings. The van der Waals surface area contributed by atoms with Crippen molar-refractivity contribution in [3.63, 3.8) is 0 Å². The fourth-order valence-corrected chi connectivity index (χ4v) is 4.05. The van der Waals surface area contributed by atoms with Gasteiger partial charge in [0.1, 0.15) is 11.6 Å². The molecule has 7 nitrogen and oxygen atoms in total. The Labute approximate surface area is 192 Å². The highest BCUT2D eigenvalue weighted by molar-refractivity contribution is 6.33. The number of aromatic nitrogens is 4. The number of halogens is 3. The molecule has 33 heavy (non-hydrogen) atoms. The smallest absolute Gasteiger partial charge is 0.144 e. The van der Waals surface area contributed by atoms with Gasteiger partial charge in [-0.3, -0.25) is 15.1 Å². The Morgan fingerprint density at radius 1 is 1.15 bits per heavy atom. The molecule has 4 heterocycles. The summed E-state index contributed by atoms with van der Waals surface area (Å²) < 4.78 is 29.9. The van der Waals surface area contributed by atoms with Crippen LogP contribution in [0.15, 0.2) is 48.9 Å². The number of fused-ring (bicyclic) bond motifs is 2. The zero-order valence-corrected chi connectivity index (χ0v) is 18.0. The topological polar surface area (TPSA) is 106 Å². The highest BCUT2D eigenvalue weighted by atomic mass is 35.5. The number of nitrogens with two attached hydrogens (primary N) is 1. The predicted molar refractivity (Wildman–Crippen MR) is 123 cm³/mol. The molecule has 3 aromatic heterocycles. The van der Waals surface area contributed by atoms with E-state index in [2.05, 4.69) is 20.4 Å². The summed E-state index contributed by atoms with van der Waals surface area (Å²) >= 11 is 5.79. The van der Waals surface area contributed by atoms with E-state index in [9.17, 15) is 8.78 Å². The van der Waals surface area contributed by atoms with Gasteiger partial charge in [0.25, 0.3) is 0 Å². The molecule has 1 aromatic carbocycles. The fraction of sp³-hybridized carbons (Fsp3) is 0.130. The number of allylic oxidation sites excluding steroid dienone is 1. The molecule has 1 aliphatic heterocycles. The quantitative estimate of drug-likeness (QED) is 0.313. The van der Waals surface area contributed by atoms with Crippen LogP contribution in [0.4, 0.5) is 8.78 Å². The Bertz CT molecular complexity index is 1440. The summed E-state index contributed by atoms with van der Waals surface area (Å²) in [4.78, 5) is 9.13. The molecule has 0 spiro atoms. The lowest BCUT2D eigenvalue weighted by Crippen LogP contribution is -2.28. The van der Waals surface area contributed by atoms with Gasteiger partial charge in [-0.2, -0.15) is 5.10 Å². The molecule has 0 amide bonds. The number of benzene rings is 1. The van der Waals surface area contributed by atoms with E-state index in [1.165, 1.54) is 6.20 Å². The Morgan fingerprint density at radius 2 is 2.00 bits per heavy atom. The fourth-order valence-electron chi connectivity index (χ4n) is 3.88. The Morgan fingerprint density at radius 3 is 2.82 bits per heavy atom. The van der Waals surface area contributed by atoms with Crippen LogP contribution < -0.4 is 11.1 Å². The summed E-state index contributed by atoms with van der Waals surface area (Å²) in [6.45, 7) is 2.38. The van der Waals surface area contributed by atoms with Gasteiger partial charge in [0, 0.05) is 53.8 Å². The summed E-state index contributed by atoms with van der Waals surface area (Å²) in [5, 5.41) is 16.0. The van der Waals surface area contributed by atoms with Gasteiger partial charge in [-0.25, -0.2) is 13.8 Å². The minimum Gasteiger partial charge on any atom is -0.404 e. The van der Waals surface area contributed by atoms with E-state index in [-0.39, 0.29) is 21.9 Å². The minimum atomic E-state index is -0.911. The van der Waals surface area contributed by atoms with Crippen LogP contribution >= 0.6 is 11.6 Å². The third-order valence-corrected chi connectivity index (χ3v) is 5.87. The average Bonchev–Trinajstić information content (AvgIpc) is 3.25. The van der Waals surface area contributed by atoms with Crippen molar-refractivity contribution in [2.45, 2.75) is 13.1 Å². The molecule has 0 radical (unpaired) electrons. The standard InChI is InChI=1S/C23H18ClF2N7/c24-16-6-13(17(25)7-18(16)26)23(28)14(8-27)19-1-2-20-21(32-19)5-12(9-30-20)15-10-31-33-4-3-29-11-22(15)33/h1-2,5-10,28-29H,3-4,11,27H2/b14-8-,28-23?. The van der Waals surface area contributed by atoms with E-state index in [1.807, 2.05) is 16.9 Å². The number of hydrogen-bond donors (Lipinski definition) is 3. The second-order valence-corrected chi connectivity index (χ2v) is 7.97. The van der Waals surface area contributed by atoms with Crippen LogP contribution in [0.5, 0.6) is 0 Å². The summed E-state index contributed by atoms with van der Waals surface area (Å²) in [5.41, 5.74) is 10.0. The van der Waals surface area contributed by atoms with E-state index >= 15 is 0 Å². The number of pyridine rings is 2. The molecule has 0 saturated carbocycles. The maximum atomic E-state index is 14.3. The van der Waals surface area contributed by atoms with Gasteiger partial charge in [-0.15, -0.1) is 0 Å². The molecular weight excluding hydrogens is 448 g/mol. The molecular formula is C23H18ClF2N7. The van der Waals surface area contributed by atoms with Crippen molar-refractivity contribution < 1.29 is 8.78 Å². The predicted octanol–water partition coefficient (Wildman–Crippen LogP) is 3.90. The Hall–Kier alpha value is -3.69. The first-order valence-corrected chi connectivity index (χ1v) is 10.5. The molecule has 0 aliphatic carbocycles. The van der Waals surface area contributed by atoms with Crippen LogP contribution in [-0.2, 0) is 13.1 Å². The van der Waals surface area contributed by atoms with Crippen LogP contribution in [0.3, 0.4) is 0 Å². The van der Waals surface area contributed by atoms with Gasteiger partial charge in [0.05, 0.1) is 45.9 Å². The molecule has 166 valence electrons. The normalized spacial score (nSPS) is 13.8. The first-order chi connectivity index (χ1) is 16.0. The molecule has 0 saturated heterocycles. The highest BCUT2D eigenvalue weighted by Gasteiger charge is 2.19. The Balaban J connectivity index is 1.55. The maximum absolute atomic E-state index is 14.3. The van der Waals surface area contributed by atoms with Crippen LogP contribution in [-0.4, -0.2) is 32.0 Å². The minimum absolute atomic E-state index is 0.175. The molecule has 4 N–H and O–H groups in total. The molecule has 0 bridgehead atoms. The maximum Gasteiger partial charge on any atom is 0.144 e. The van der Waals surface area contributed by atoms with E-state index < -0.39 is 11.6 Å². The second-order valence-electron chi connectivity index (χ2n) is 7.57. The number of rotatable bonds is 4. The van der Waals surface area contributed by atoms with Gasteiger partial charge in [-0.05, 0) is 24.3 Å². The van der Waals surface area contributed by atoms with Crippen molar-refractivity contribution in [2.75, 3.05) is 6.54 Å². The summed E-state index contributed by atoms with van der Waals surface area (Å²) in [7, 11) is 0. The van der Waals surface area contributed by atoms with Gasteiger partial charge in [0.2, 0.25) is 0 Å². The van der Waals surface area contributed by atoms with Crippen molar-refractivity contribution >= 4 is 33.9 Å². The van der Waals surface area contributed by atoms with Crippen LogP contribution in [0.1, 0.15) is 17.0 Å². The number of nitrogens with one attached hydrogen (secondary N) is 2. The lowest BCUT2D eigenvalue weighted by molar-refractivity contribution is 0.476. The van der Waals surface area contributed by atoms with E-state index in [4.69, 9.17) is 22.7 Å². The number of nitrogens with zero attached hydrogens (tertiary/aromatic N) is 4. The van der Waals surface area contributed by atoms with Crippen LogP contribution in [0, 0.1) is 17.0 Å². The molecule has 10 heteroatoms. The van der Waals surface area contributed by atoms with Crippen molar-refractivity contribution in [1.29, 1.82) is 5.41 Å². The SMILES string of the molecule is N=C(/C(=C\N)c1ccc2ncc(-c3cnn4c3CNCC4)cc2n1)c1cc(Cl)c(F)cc1F. The van der Waals surface area contributed by atoms with E-state index in [0.29, 0.717) is 29.3 Å². The third kappa shape index (κ3) is 3.75. The van der Waals surface area contributed by atoms with Crippen LogP contribution in [0.25, 0.3) is 27.7 Å². The second kappa shape index (κ2) is 8.34. The zero-order chi connectivity index (χ0) is 23.1. The van der Waals surface area contributed by atoms with Crippen molar-refractivity contribution in [3.05, 3.63) is 82.5 Å². The molecule has 5 rings (SSSR count). The summed E-state index contributed by atoms with van der Waals surface area (Å²) in [6, 6.07) is 7.01. The van der Waals surface area contributed by atoms with Gasteiger partial charge in [-0.1, -0.05) is 11.6 Å². The summed E-state index contributed by atoms with van der Waals surface area (Å²) in [6.07, 6.45) is 4.76. The van der Waals surface area contributed by atoms with Crippen molar-refractivity contribution in [3.8, 4) is 11.1 Å². The Kier molecular flexibility index (Phi) is 5.35. The molecule has 0 unspecified atom stereocenters. The van der Waals surface area contributed by atoms with E-state index in [0.717, 1.165) is 36.0 Å². The molecule has 1 aliphatic rings. The zero-order valence-electron chi connectivity index (χ0n) is 17.2. The van der Waals surface area contributed by atoms with Gasteiger partial charge < -0.3 is 11.1 Å². The molecule has 4 aromatic rings.